The SMILES string of the molecule is NCc1ncc(-c2cncnc2)nc1C(N)=O. The Hall–Kier alpha value is -2.41. The summed E-state index contributed by atoms with van der Waals surface area (Å²) in [6.07, 6.45) is 6.06. The van der Waals surface area contributed by atoms with Crippen LogP contribution in [0.4, 0.5) is 0 Å². The molecule has 0 saturated carbocycles. The number of primary amides is 1. The van der Waals surface area contributed by atoms with E-state index in [0.29, 0.717) is 17.0 Å². The number of nitrogens with zero attached hydrogens (tertiary/aromatic N) is 4. The van der Waals surface area contributed by atoms with Crippen molar-refractivity contribution in [3.8, 4) is 11.3 Å². The third-order valence-corrected chi connectivity index (χ3v) is 2.13. The molecule has 2 aromatic heterocycles. The molecule has 0 saturated heterocycles. The summed E-state index contributed by atoms with van der Waals surface area (Å²) in [5.41, 5.74) is 12.2. The van der Waals surface area contributed by atoms with Gasteiger partial charge in [0.15, 0.2) is 5.69 Å². The molecule has 2 heterocycles. The van der Waals surface area contributed by atoms with Gasteiger partial charge in [-0.3, -0.25) is 9.78 Å². The summed E-state index contributed by atoms with van der Waals surface area (Å²) < 4.78 is 0. The van der Waals surface area contributed by atoms with Crippen LogP contribution in [-0.4, -0.2) is 25.8 Å². The van der Waals surface area contributed by atoms with Crippen molar-refractivity contribution in [1.29, 1.82) is 0 Å². The molecular formula is C10H10N6O. The van der Waals surface area contributed by atoms with Crippen molar-refractivity contribution in [3.05, 3.63) is 36.3 Å². The Morgan fingerprint density at radius 2 is 1.94 bits per heavy atom. The van der Waals surface area contributed by atoms with E-state index in [-0.39, 0.29) is 12.2 Å². The Labute approximate surface area is 96.9 Å². The Kier molecular flexibility index (Phi) is 3.01. The van der Waals surface area contributed by atoms with Gasteiger partial charge in [0.2, 0.25) is 0 Å². The van der Waals surface area contributed by atoms with Crippen LogP contribution in [0.5, 0.6) is 0 Å². The highest BCUT2D eigenvalue weighted by molar-refractivity contribution is 5.92. The molecule has 0 aliphatic heterocycles. The first-order valence-electron chi connectivity index (χ1n) is 4.83. The minimum atomic E-state index is -0.656. The lowest BCUT2D eigenvalue weighted by Crippen LogP contribution is -2.19. The third-order valence-electron chi connectivity index (χ3n) is 2.13. The van der Waals surface area contributed by atoms with Crippen molar-refractivity contribution in [2.24, 2.45) is 11.5 Å². The molecule has 17 heavy (non-hydrogen) atoms. The summed E-state index contributed by atoms with van der Waals surface area (Å²) in [7, 11) is 0. The smallest absolute Gasteiger partial charge is 0.269 e. The Morgan fingerprint density at radius 1 is 1.24 bits per heavy atom. The fraction of sp³-hybridized carbons (Fsp3) is 0.100. The largest absolute Gasteiger partial charge is 0.364 e. The van der Waals surface area contributed by atoms with Crippen LogP contribution in [0.1, 0.15) is 16.2 Å². The van der Waals surface area contributed by atoms with Gasteiger partial charge in [-0.2, -0.15) is 0 Å². The Bertz CT molecular complexity index is 542. The first-order valence-corrected chi connectivity index (χ1v) is 4.83. The van der Waals surface area contributed by atoms with E-state index in [0.717, 1.165) is 0 Å². The molecule has 0 aromatic carbocycles. The molecule has 0 atom stereocenters. The molecule has 0 unspecified atom stereocenters. The van der Waals surface area contributed by atoms with E-state index in [4.69, 9.17) is 11.5 Å². The zero-order valence-electron chi connectivity index (χ0n) is 8.87. The van der Waals surface area contributed by atoms with Crippen molar-refractivity contribution < 1.29 is 4.79 Å². The first kappa shape index (κ1) is 11.1. The zero-order valence-corrected chi connectivity index (χ0v) is 8.87. The monoisotopic (exact) mass is 230 g/mol. The quantitative estimate of drug-likeness (QED) is 0.732. The second-order valence-corrected chi connectivity index (χ2v) is 3.25. The van der Waals surface area contributed by atoms with Crippen LogP contribution in [-0.2, 0) is 6.54 Å². The van der Waals surface area contributed by atoms with Crippen LogP contribution < -0.4 is 11.5 Å². The van der Waals surface area contributed by atoms with Gasteiger partial charge in [0.05, 0.1) is 17.6 Å². The molecule has 1 amide bonds. The summed E-state index contributed by atoms with van der Waals surface area (Å²) >= 11 is 0. The summed E-state index contributed by atoms with van der Waals surface area (Å²) in [4.78, 5) is 27.1. The molecule has 4 N–H and O–H groups in total. The number of amides is 1. The van der Waals surface area contributed by atoms with Crippen molar-refractivity contribution in [1.82, 2.24) is 19.9 Å². The highest BCUT2D eigenvalue weighted by Crippen LogP contribution is 2.14. The molecule has 0 aliphatic carbocycles. The van der Waals surface area contributed by atoms with Gasteiger partial charge in [-0.05, 0) is 0 Å². The van der Waals surface area contributed by atoms with Crippen LogP contribution in [0.25, 0.3) is 11.3 Å². The molecule has 86 valence electrons. The number of hydrogen-bond donors (Lipinski definition) is 2. The normalized spacial score (nSPS) is 10.2. The predicted octanol–water partition coefficient (Wildman–Crippen LogP) is -0.509. The molecule has 0 radical (unpaired) electrons. The summed E-state index contributed by atoms with van der Waals surface area (Å²) in [5, 5.41) is 0. The molecule has 0 spiro atoms. The maximum atomic E-state index is 11.2. The number of nitrogens with two attached hydrogens (primary N) is 2. The summed E-state index contributed by atoms with van der Waals surface area (Å²) in [6, 6.07) is 0. The number of hydrogen-bond acceptors (Lipinski definition) is 6. The molecule has 2 rings (SSSR count). The molecule has 0 bridgehead atoms. The average molecular weight is 230 g/mol. The lowest BCUT2D eigenvalue weighted by atomic mass is 10.2. The highest BCUT2D eigenvalue weighted by atomic mass is 16.1. The van der Waals surface area contributed by atoms with Crippen LogP contribution in [0, 0.1) is 0 Å². The molecule has 2 aromatic rings. The van der Waals surface area contributed by atoms with E-state index >= 15 is 0 Å². The van der Waals surface area contributed by atoms with Crippen LogP contribution >= 0.6 is 0 Å². The minimum absolute atomic E-state index is 0.0776. The van der Waals surface area contributed by atoms with Gasteiger partial charge >= 0.3 is 0 Å². The third kappa shape index (κ3) is 2.23. The topological polar surface area (TPSA) is 121 Å². The predicted molar refractivity (Wildman–Crippen MR) is 59.5 cm³/mol. The van der Waals surface area contributed by atoms with E-state index in [2.05, 4.69) is 19.9 Å². The fourth-order valence-electron chi connectivity index (χ4n) is 1.33. The molecule has 0 aliphatic rings. The lowest BCUT2D eigenvalue weighted by molar-refractivity contribution is 0.0994. The van der Waals surface area contributed by atoms with Gasteiger partial charge < -0.3 is 11.5 Å². The average Bonchev–Trinajstić information content (AvgIpc) is 2.39. The lowest BCUT2D eigenvalue weighted by Gasteiger charge is -2.05. The van der Waals surface area contributed by atoms with Crippen molar-refractivity contribution in [2.45, 2.75) is 6.54 Å². The van der Waals surface area contributed by atoms with E-state index in [1.807, 2.05) is 0 Å². The maximum Gasteiger partial charge on any atom is 0.269 e. The second-order valence-electron chi connectivity index (χ2n) is 3.25. The second kappa shape index (κ2) is 4.62. The minimum Gasteiger partial charge on any atom is -0.364 e. The van der Waals surface area contributed by atoms with Gasteiger partial charge in [-0.25, -0.2) is 15.0 Å². The van der Waals surface area contributed by atoms with E-state index < -0.39 is 5.91 Å². The number of carbonyl (C=O) groups excluding carboxylic acids is 1. The molecular weight excluding hydrogens is 220 g/mol. The van der Waals surface area contributed by atoms with Crippen molar-refractivity contribution in [2.75, 3.05) is 0 Å². The first-order chi connectivity index (χ1) is 8.22. The number of aromatic nitrogens is 4. The number of rotatable bonds is 3. The van der Waals surface area contributed by atoms with Gasteiger partial charge in [-0.15, -0.1) is 0 Å². The number of carbonyl (C=O) groups is 1. The van der Waals surface area contributed by atoms with Crippen LogP contribution in [0.3, 0.4) is 0 Å². The molecule has 7 nitrogen and oxygen atoms in total. The van der Waals surface area contributed by atoms with Crippen LogP contribution in [0.15, 0.2) is 24.9 Å². The van der Waals surface area contributed by atoms with Gasteiger partial charge in [0, 0.05) is 24.5 Å². The molecule has 0 fully saturated rings. The van der Waals surface area contributed by atoms with Gasteiger partial charge in [0.1, 0.15) is 6.33 Å². The van der Waals surface area contributed by atoms with E-state index in [9.17, 15) is 4.79 Å². The van der Waals surface area contributed by atoms with E-state index in [1.54, 1.807) is 12.4 Å². The maximum absolute atomic E-state index is 11.2. The van der Waals surface area contributed by atoms with Crippen molar-refractivity contribution >= 4 is 5.91 Å². The Balaban J connectivity index is 2.51. The van der Waals surface area contributed by atoms with Crippen LogP contribution in [0.2, 0.25) is 0 Å². The summed E-state index contributed by atoms with van der Waals surface area (Å²) in [5.74, 6) is -0.656. The van der Waals surface area contributed by atoms with Gasteiger partial charge in [-0.1, -0.05) is 0 Å². The van der Waals surface area contributed by atoms with Gasteiger partial charge in [0.25, 0.3) is 5.91 Å². The summed E-state index contributed by atoms with van der Waals surface area (Å²) in [6.45, 7) is 0.108. The zero-order chi connectivity index (χ0) is 12.3. The highest BCUT2D eigenvalue weighted by Gasteiger charge is 2.12. The van der Waals surface area contributed by atoms with E-state index in [1.165, 1.54) is 12.5 Å². The van der Waals surface area contributed by atoms with Crippen molar-refractivity contribution in [3.63, 3.8) is 0 Å². The standard InChI is InChI=1S/C10H10N6O/c11-1-7-9(10(12)17)16-8(4-15-7)6-2-13-5-14-3-6/h2-5H,1,11H2,(H2,12,17). The Morgan fingerprint density at radius 3 is 2.53 bits per heavy atom. The molecule has 7 heteroatoms. The fourth-order valence-corrected chi connectivity index (χ4v) is 1.33.